The molecule has 1 saturated heterocycles. The molecule has 0 bridgehead atoms. The number of anilines is 4. The van der Waals surface area contributed by atoms with Crippen LogP contribution in [-0.2, 0) is 0 Å². The molecule has 5 rings (SSSR count). The standard InChI is InChI=1S/C20H21N9.2ClH/c21-18-12-23-11-16(26-18)17-13-29-10-7-24-20(29)19(27-17)25-14-1-3-15(4-2-14)28-8-5-22-6-9-28;;/h1-4,7,10-13,22H,5-6,8-9H2,(H2,21,26)(H,25,27);2*1H. The lowest BCUT2D eigenvalue weighted by atomic mass is 10.2. The molecule has 4 N–H and O–H groups in total. The Labute approximate surface area is 192 Å². The average molecular weight is 460 g/mol. The van der Waals surface area contributed by atoms with Crippen molar-refractivity contribution in [2.45, 2.75) is 0 Å². The lowest BCUT2D eigenvalue weighted by Crippen LogP contribution is -2.43. The van der Waals surface area contributed by atoms with Crippen molar-refractivity contribution >= 4 is 53.5 Å². The number of nitrogens with two attached hydrogens (primary N) is 1. The second-order valence-corrected chi connectivity index (χ2v) is 6.87. The number of nitrogens with zero attached hydrogens (tertiary/aromatic N) is 6. The number of hydrogen-bond acceptors (Lipinski definition) is 8. The van der Waals surface area contributed by atoms with Crippen LogP contribution in [0, 0.1) is 0 Å². The van der Waals surface area contributed by atoms with Gasteiger partial charge in [-0.2, -0.15) is 0 Å². The average Bonchev–Trinajstić information content (AvgIpc) is 3.24. The third kappa shape index (κ3) is 4.79. The molecule has 0 aliphatic carbocycles. The highest BCUT2D eigenvalue weighted by molar-refractivity contribution is 5.85. The van der Waals surface area contributed by atoms with Gasteiger partial charge < -0.3 is 25.7 Å². The molecule has 1 aliphatic heterocycles. The summed E-state index contributed by atoms with van der Waals surface area (Å²) in [5.41, 5.74) is 9.95. The van der Waals surface area contributed by atoms with Gasteiger partial charge in [0.15, 0.2) is 11.5 Å². The van der Waals surface area contributed by atoms with Crippen LogP contribution in [0.3, 0.4) is 0 Å². The third-order valence-corrected chi connectivity index (χ3v) is 4.90. The molecular formula is C20H23Cl2N9. The molecule has 1 aliphatic rings. The number of nitrogens with one attached hydrogen (secondary N) is 2. The number of imidazole rings is 1. The maximum atomic E-state index is 5.78. The fraction of sp³-hybridized carbons (Fsp3) is 0.200. The number of rotatable bonds is 4. The first kappa shape index (κ1) is 22.5. The highest BCUT2D eigenvalue weighted by Crippen LogP contribution is 2.25. The van der Waals surface area contributed by atoms with E-state index in [0.29, 0.717) is 23.0 Å². The van der Waals surface area contributed by atoms with Gasteiger partial charge in [0.25, 0.3) is 0 Å². The van der Waals surface area contributed by atoms with Crippen molar-refractivity contribution in [3.05, 3.63) is 55.2 Å². The number of hydrogen-bond donors (Lipinski definition) is 3. The molecule has 0 saturated carbocycles. The van der Waals surface area contributed by atoms with E-state index in [-0.39, 0.29) is 24.8 Å². The Hall–Kier alpha value is -3.14. The fourth-order valence-corrected chi connectivity index (χ4v) is 3.46. The van der Waals surface area contributed by atoms with Crippen LogP contribution in [-0.4, -0.2) is 50.5 Å². The molecule has 0 unspecified atom stereocenters. The number of benzene rings is 1. The number of halogens is 2. The predicted octanol–water partition coefficient (Wildman–Crippen LogP) is 2.77. The van der Waals surface area contributed by atoms with Crippen molar-refractivity contribution in [3.8, 4) is 11.4 Å². The number of nitrogen functional groups attached to an aromatic ring is 1. The Kier molecular flexibility index (Phi) is 7.11. The fourth-order valence-electron chi connectivity index (χ4n) is 3.46. The maximum Gasteiger partial charge on any atom is 0.180 e. The van der Waals surface area contributed by atoms with Gasteiger partial charge in [0.2, 0.25) is 0 Å². The van der Waals surface area contributed by atoms with Crippen molar-refractivity contribution in [1.29, 1.82) is 0 Å². The second-order valence-electron chi connectivity index (χ2n) is 6.87. The van der Waals surface area contributed by atoms with Gasteiger partial charge in [-0.3, -0.25) is 4.98 Å². The van der Waals surface area contributed by atoms with Crippen molar-refractivity contribution in [1.82, 2.24) is 29.7 Å². The Morgan fingerprint density at radius 1 is 0.968 bits per heavy atom. The molecule has 1 aromatic carbocycles. The molecule has 31 heavy (non-hydrogen) atoms. The summed E-state index contributed by atoms with van der Waals surface area (Å²) in [6.07, 6.45) is 8.64. The zero-order valence-corrected chi connectivity index (χ0v) is 18.2. The largest absolute Gasteiger partial charge is 0.382 e. The lowest BCUT2D eigenvalue weighted by molar-refractivity contribution is 0.589. The number of fused-ring (bicyclic) bond motifs is 1. The van der Waals surface area contributed by atoms with E-state index in [4.69, 9.17) is 10.7 Å². The Balaban J connectivity index is 0.00000136. The summed E-state index contributed by atoms with van der Waals surface area (Å²) in [4.78, 5) is 20.0. The molecule has 4 heterocycles. The summed E-state index contributed by atoms with van der Waals surface area (Å²) in [6.45, 7) is 4.07. The molecule has 162 valence electrons. The molecule has 0 spiro atoms. The molecule has 0 atom stereocenters. The van der Waals surface area contributed by atoms with Gasteiger partial charge in [-0.15, -0.1) is 24.8 Å². The van der Waals surface area contributed by atoms with Gasteiger partial charge in [-0.05, 0) is 24.3 Å². The second kappa shape index (κ2) is 9.78. The van der Waals surface area contributed by atoms with Crippen LogP contribution in [0.15, 0.2) is 55.2 Å². The smallest absolute Gasteiger partial charge is 0.180 e. The molecule has 11 heteroatoms. The minimum Gasteiger partial charge on any atom is -0.382 e. The number of aromatic nitrogens is 5. The number of piperazine rings is 1. The zero-order valence-electron chi connectivity index (χ0n) is 16.6. The topological polar surface area (TPSA) is 109 Å². The van der Waals surface area contributed by atoms with Crippen LogP contribution < -0.4 is 21.3 Å². The van der Waals surface area contributed by atoms with E-state index in [9.17, 15) is 0 Å². The first-order valence-corrected chi connectivity index (χ1v) is 9.51. The van der Waals surface area contributed by atoms with Crippen LogP contribution in [0.1, 0.15) is 0 Å². The maximum absolute atomic E-state index is 5.78. The Morgan fingerprint density at radius 3 is 2.48 bits per heavy atom. The zero-order chi connectivity index (χ0) is 19.6. The summed E-state index contributed by atoms with van der Waals surface area (Å²) < 4.78 is 1.91. The van der Waals surface area contributed by atoms with Crippen molar-refractivity contribution in [2.24, 2.45) is 0 Å². The molecular weight excluding hydrogens is 437 g/mol. The molecule has 0 amide bonds. The van der Waals surface area contributed by atoms with Crippen LogP contribution in [0.2, 0.25) is 0 Å². The van der Waals surface area contributed by atoms with Crippen molar-refractivity contribution < 1.29 is 0 Å². The molecule has 0 radical (unpaired) electrons. The summed E-state index contributed by atoms with van der Waals surface area (Å²) >= 11 is 0. The Morgan fingerprint density at radius 2 is 1.74 bits per heavy atom. The highest BCUT2D eigenvalue weighted by Gasteiger charge is 2.13. The minimum absolute atomic E-state index is 0. The van der Waals surface area contributed by atoms with Gasteiger partial charge in [0, 0.05) is 56.1 Å². The SMILES string of the molecule is Cl.Cl.Nc1cncc(-c2cn3ccnc3c(Nc3ccc(N4CCNCC4)cc3)n2)n1. The minimum atomic E-state index is 0. The normalized spacial score (nSPS) is 13.4. The predicted molar refractivity (Wildman–Crippen MR) is 128 cm³/mol. The molecule has 4 aromatic rings. The monoisotopic (exact) mass is 459 g/mol. The summed E-state index contributed by atoms with van der Waals surface area (Å²) in [5, 5.41) is 6.76. The first-order valence-electron chi connectivity index (χ1n) is 9.51. The lowest BCUT2D eigenvalue weighted by Gasteiger charge is -2.29. The third-order valence-electron chi connectivity index (χ3n) is 4.90. The van der Waals surface area contributed by atoms with Gasteiger partial charge in [-0.1, -0.05) is 0 Å². The van der Waals surface area contributed by atoms with E-state index < -0.39 is 0 Å². The van der Waals surface area contributed by atoms with E-state index in [1.54, 1.807) is 12.4 Å². The quantitative estimate of drug-likeness (QED) is 0.427. The van der Waals surface area contributed by atoms with Crippen LogP contribution in [0.5, 0.6) is 0 Å². The van der Waals surface area contributed by atoms with E-state index in [1.165, 1.54) is 11.9 Å². The van der Waals surface area contributed by atoms with Crippen LogP contribution in [0.25, 0.3) is 17.0 Å². The molecule has 9 nitrogen and oxygen atoms in total. The van der Waals surface area contributed by atoms with E-state index in [1.807, 2.05) is 16.8 Å². The highest BCUT2D eigenvalue weighted by atomic mass is 35.5. The summed E-state index contributed by atoms with van der Waals surface area (Å²) in [7, 11) is 0. The summed E-state index contributed by atoms with van der Waals surface area (Å²) in [5.74, 6) is 1.000. The van der Waals surface area contributed by atoms with Crippen LogP contribution in [0.4, 0.5) is 23.0 Å². The molecule has 1 fully saturated rings. The van der Waals surface area contributed by atoms with Crippen LogP contribution >= 0.6 is 24.8 Å². The van der Waals surface area contributed by atoms with Gasteiger partial charge in [0.05, 0.1) is 12.4 Å². The van der Waals surface area contributed by atoms with Crippen molar-refractivity contribution in [3.63, 3.8) is 0 Å². The van der Waals surface area contributed by atoms with Gasteiger partial charge >= 0.3 is 0 Å². The summed E-state index contributed by atoms with van der Waals surface area (Å²) in [6, 6.07) is 8.38. The van der Waals surface area contributed by atoms with E-state index >= 15 is 0 Å². The molecule has 3 aromatic heterocycles. The first-order chi connectivity index (χ1) is 14.3. The van der Waals surface area contributed by atoms with Crippen molar-refractivity contribution in [2.75, 3.05) is 42.1 Å². The Bertz CT molecular complexity index is 1140. The van der Waals surface area contributed by atoms with E-state index in [2.05, 4.69) is 54.8 Å². The van der Waals surface area contributed by atoms with Gasteiger partial charge in [0.1, 0.15) is 17.2 Å². The van der Waals surface area contributed by atoms with Gasteiger partial charge in [-0.25, -0.2) is 15.0 Å². The van der Waals surface area contributed by atoms with E-state index in [0.717, 1.165) is 37.5 Å².